The summed E-state index contributed by atoms with van der Waals surface area (Å²) in [7, 11) is 0. The van der Waals surface area contributed by atoms with Crippen molar-refractivity contribution in [1.82, 2.24) is 9.97 Å². The third kappa shape index (κ3) is 2.00. The topological polar surface area (TPSA) is 25.8 Å². The average molecular weight is 150 g/mol. The van der Waals surface area contributed by atoms with E-state index in [1.165, 1.54) is 18.4 Å². The van der Waals surface area contributed by atoms with Crippen LogP contribution in [0.1, 0.15) is 38.2 Å². The van der Waals surface area contributed by atoms with E-state index in [1.54, 1.807) is 6.33 Å². The van der Waals surface area contributed by atoms with Crippen LogP contribution < -0.4 is 0 Å². The average Bonchev–Trinajstić information content (AvgIpc) is 2.09. The molecular weight excluding hydrogens is 136 g/mol. The minimum Gasteiger partial charge on any atom is -0.245 e. The van der Waals surface area contributed by atoms with Crippen LogP contribution in [-0.4, -0.2) is 9.97 Å². The number of hydrogen-bond acceptors (Lipinski definition) is 2. The van der Waals surface area contributed by atoms with Gasteiger partial charge in [-0.05, 0) is 24.3 Å². The summed E-state index contributed by atoms with van der Waals surface area (Å²) in [5.41, 5.74) is 1.26. The molecule has 0 amide bonds. The molecule has 0 bridgehead atoms. The van der Waals surface area contributed by atoms with Gasteiger partial charge in [0.1, 0.15) is 6.33 Å². The maximum Gasteiger partial charge on any atom is 0.115 e. The lowest BCUT2D eigenvalue weighted by Gasteiger charge is -2.10. The minimum absolute atomic E-state index is 0.635. The first-order valence-electron chi connectivity index (χ1n) is 4.13. The van der Waals surface area contributed by atoms with E-state index in [2.05, 4.69) is 23.8 Å². The quantitative estimate of drug-likeness (QED) is 0.661. The van der Waals surface area contributed by atoms with Crippen LogP contribution in [-0.2, 0) is 0 Å². The SMILES string of the molecule is CCC(CC)c1cncnc1. The van der Waals surface area contributed by atoms with Crippen LogP contribution in [0, 0.1) is 0 Å². The Morgan fingerprint density at radius 3 is 2.18 bits per heavy atom. The summed E-state index contributed by atoms with van der Waals surface area (Å²) >= 11 is 0. The molecule has 1 aromatic heterocycles. The molecule has 0 aromatic carbocycles. The molecule has 60 valence electrons. The third-order valence-corrected chi connectivity index (χ3v) is 2.04. The van der Waals surface area contributed by atoms with E-state index in [4.69, 9.17) is 0 Å². The smallest absolute Gasteiger partial charge is 0.115 e. The largest absolute Gasteiger partial charge is 0.245 e. The summed E-state index contributed by atoms with van der Waals surface area (Å²) in [6.45, 7) is 4.39. The molecule has 0 aliphatic heterocycles. The monoisotopic (exact) mass is 150 g/mol. The standard InChI is InChI=1S/C9H14N2/c1-3-8(4-2)9-5-10-7-11-6-9/h5-8H,3-4H2,1-2H3. The van der Waals surface area contributed by atoms with Gasteiger partial charge in [0.2, 0.25) is 0 Å². The van der Waals surface area contributed by atoms with Crippen LogP contribution in [0.15, 0.2) is 18.7 Å². The van der Waals surface area contributed by atoms with Gasteiger partial charge in [0, 0.05) is 12.4 Å². The molecule has 0 radical (unpaired) electrons. The Kier molecular flexibility index (Phi) is 3.02. The van der Waals surface area contributed by atoms with E-state index < -0.39 is 0 Å². The first kappa shape index (κ1) is 8.18. The molecule has 0 saturated heterocycles. The number of rotatable bonds is 3. The molecule has 0 aliphatic rings. The highest BCUT2D eigenvalue weighted by Crippen LogP contribution is 2.20. The fourth-order valence-electron chi connectivity index (χ4n) is 1.28. The van der Waals surface area contributed by atoms with Crippen LogP contribution in [0.25, 0.3) is 0 Å². The Morgan fingerprint density at radius 2 is 1.73 bits per heavy atom. The van der Waals surface area contributed by atoms with E-state index in [1.807, 2.05) is 12.4 Å². The summed E-state index contributed by atoms with van der Waals surface area (Å²) in [4.78, 5) is 7.98. The second kappa shape index (κ2) is 4.06. The molecule has 1 heterocycles. The molecule has 2 nitrogen and oxygen atoms in total. The highest BCUT2D eigenvalue weighted by atomic mass is 14.8. The van der Waals surface area contributed by atoms with Crippen molar-refractivity contribution in [2.45, 2.75) is 32.6 Å². The second-order valence-electron chi connectivity index (χ2n) is 2.69. The molecule has 0 fully saturated rings. The lowest BCUT2D eigenvalue weighted by atomic mass is 9.97. The van der Waals surface area contributed by atoms with Crippen LogP contribution in [0.4, 0.5) is 0 Å². The van der Waals surface area contributed by atoms with Crippen LogP contribution >= 0.6 is 0 Å². The molecule has 1 aromatic rings. The van der Waals surface area contributed by atoms with Crippen molar-refractivity contribution in [2.75, 3.05) is 0 Å². The summed E-state index contributed by atoms with van der Waals surface area (Å²) in [6.07, 6.45) is 7.73. The minimum atomic E-state index is 0.635. The van der Waals surface area contributed by atoms with Gasteiger partial charge in [-0.1, -0.05) is 13.8 Å². The summed E-state index contributed by atoms with van der Waals surface area (Å²) < 4.78 is 0. The second-order valence-corrected chi connectivity index (χ2v) is 2.69. The lowest BCUT2D eigenvalue weighted by molar-refractivity contribution is 0.636. The summed E-state index contributed by atoms with van der Waals surface area (Å²) in [6, 6.07) is 0. The first-order chi connectivity index (χ1) is 5.38. The van der Waals surface area contributed by atoms with Crippen molar-refractivity contribution < 1.29 is 0 Å². The molecule has 0 unspecified atom stereocenters. The highest BCUT2D eigenvalue weighted by molar-refractivity contribution is 5.09. The van der Waals surface area contributed by atoms with E-state index in [9.17, 15) is 0 Å². The Hall–Kier alpha value is -0.920. The number of hydrogen-bond donors (Lipinski definition) is 0. The Balaban J connectivity index is 2.74. The fraction of sp³-hybridized carbons (Fsp3) is 0.556. The number of nitrogens with zero attached hydrogens (tertiary/aromatic N) is 2. The molecule has 1 rings (SSSR count). The molecule has 0 atom stereocenters. The van der Waals surface area contributed by atoms with Crippen molar-refractivity contribution in [3.05, 3.63) is 24.3 Å². The first-order valence-corrected chi connectivity index (χ1v) is 4.13. The highest BCUT2D eigenvalue weighted by Gasteiger charge is 2.05. The molecule has 11 heavy (non-hydrogen) atoms. The van der Waals surface area contributed by atoms with E-state index >= 15 is 0 Å². The molecule has 0 spiro atoms. The van der Waals surface area contributed by atoms with Crippen LogP contribution in [0.2, 0.25) is 0 Å². The van der Waals surface area contributed by atoms with E-state index in [-0.39, 0.29) is 0 Å². The van der Waals surface area contributed by atoms with Gasteiger partial charge in [0.25, 0.3) is 0 Å². The van der Waals surface area contributed by atoms with Crippen LogP contribution in [0.5, 0.6) is 0 Å². The summed E-state index contributed by atoms with van der Waals surface area (Å²) in [5, 5.41) is 0. The van der Waals surface area contributed by atoms with Gasteiger partial charge >= 0.3 is 0 Å². The molecule has 2 heteroatoms. The van der Waals surface area contributed by atoms with Gasteiger partial charge < -0.3 is 0 Å². The van der Waals surface area contributed by atoms with E-state index in [0.717, 1.165) is 0 Å². The zero-order valence-corrected chi connectivity index (χ0v) is 7.12. The van der Waals surface area contributed by atoms with Gasteiger partial charge in [-0.25, -0.2) is 9.97 Å². The van der Waals surface area contributed by atoms with Crippen LogP contribution in [0.3, 0.4) is 0 Å². The lowest BCUT2D eigenvalue weighted by Crippen LogP contribution is -1.96. The maximum atomic E-state index is 3.99. The van der Waals surface area contributed by atoms with Crippen molar-refractivity contribution in [3.8, 4) is 0 Å². The van der Waals surface area contributed by atoms with Gasteiger partial charge in [-0.3, -0.25) is 0 Å². The predicted molar refractivity (Wildman–Crippen MR) is 45.4 cm³/mol. The normalized spacial score (nSPS) is 10.5. The molecule has 0 saturated carbocycles. The molecule has 0 N–H and O–H groups in total. The molecular formula is C9H14N2. The van der Waals surface area contributed by atoms with Crippen molar-refractivity contribution in [2.24, 2.45) is 0 Å². The third-order valence-electron chi connectivity index (χ3n) is 2.04. The summed E-state index contributed by atoms with van der Waals surface area (Å²) in [5.74, 6) is 0.635. The van der Waals surface area contributed by atoms with Gasteiger partial charge in [0.15, 0.2) is 0 Å². The van der Waals surface area contributed by atoms with Gasteiger partial charge in [0.05, 0.1) is 0 Å². The Morgan fingerprint density at radius 1 is 1.18 bits per heavy atom. The maximum absolute atomic E-state index is 3.99. The predicted octanol–water partition coefficient (Wildman–Crippen LogP) is 2.38. The zero-order chi connectivity index (χ0) is 8.10. The van der Waals surface area contributed by atoms with Crippen molar-refractivity contribution >= 4 is 0 Å². The fourth-order valence-corrected chi connectivity index (χ4v) is 1.28. The van der Waals surface area contributed by atoms with Crippen molar-refractivity contribution in [3.63, 3.8) is 0 Å². The molecule has 0 aliphatic carbocycles. The van der Waals surface area contributed by atoms with Gasteiger partial charge in [-0.2, -0.15) is 0 Å². The van der Waals surface area contributed by atoms with Crippen molar-refractivity contribution in [1.29, 1.82) is 0 Å². The Bertz CT molecular complexity index is 192. The van der Waals surface area contributed by atoms with E-state index in [0.29, 0.717) is 5.92 Å². The van der Waals surface area contributed by atoms with Gasteiger partial charge in [-0.15, -0.1) is 0 Å². The Labute approximate surface area is 67.7 Å². The zero-order valence-electron chi connectivity index (χ0n) is 7.12. The number of aromatic nitrogens is 2.